The molecule has 19 heavy (non-hydrogen) atoms. The maximum absolute atomic E-state index is 11.5. The largest absolute Gasteiger partial charge is 0.494 e. The monoisotopic (exact) mass is 263 g/mol. The molecule has 1 rings (SSSR count). The number of hydrogen-bond acceptors (Lipinski definition) is 2. The minimum atomic E-state index is 0.119. The van der Waals surface area contributed by atoms with Crippen LogP contribution in [0.25, 0.3) is 0 Å². The molecule has 0 atom stereocenters. The van der Waals surface area contributed by atoms with Crippen molar-refractivity contribution in [3.8, 4) is 5.75 Å². The van der Waals surface area contributed by atoms with Crippen molar-refractivity contribution >= 4 is 5.91 Å². The number of carbonyl (C=O) groups excluding carboxylic acids is 1. The van der Waals surface area contributed by atoms with Gasteiger partial charge >= 0.3 is 0 Å². The number of amides is 1. The Kier molecular flexibility index (Phi) is 7.01. The minimum Gasteiger partial charge on any atom is -0.494 e. The summed E-state index contributed by atoms with van der Waals surface area (Å²) in [6, 6.07) is 7.96. The van der Waals surface area contributed by atoms with Crippen LogP contribution in [0.1, 0.15) is 38.7 Å². The van der Waals surface area contributed by atoms with Crippen LogP contribution in [-0.4, -0.2) is 19.1 Å². The number of hydrogen-bond donors (Lipinski definition) is 1. The van der Waals surface area contributed by atoms with Gasteiger partial charge in [-0.25, -0.2) is 0 Å². The molecule has 0 fully saturated rings. The summed E-state index contributed by atoms with van der Waals surface area (Å²) in [7, 11) is 0. The maximum atomic E-state index is 11.5. The van der Waals surface area contributed by atoms with Gasteiger partial charge in [0.05, 0.1) is 6.61 Å². The van der Waals surface area contributed by atoms with Gasteiger partial charge in [-0.05, 0) is 43.4 Å². The zero-order valence-electron chi connectivity index (χ0n) is 12.2. The third kappa shape index (κ3) is 7.50. The van der Waals surface area contributed by atoms with Crippen LogP contribution in [-0.2, 0) is 4.79 Å². The van der Waals surface area contributed by atoms with Crippen LogP contribution in [0.5, 0.6) is 5.75 Å². The summed E-state index contributed by atoms with van der Waals surface area (Å²) in [5, 5.41) is 2.93. The average Bonchev–Trinajstić information content (AvgIpc) is 2.34. The Morgan fingerprint density at radius 2 is 2.16 bits per heavy atom. The second kappa shape index (κ2) is 8.57. The normalized spacial score (nSPS) is 10.5. The number of nitrogens with one attached hydrogen (secondary N) is 1. The Hall–Kier alpha value is -1.51. The van der Waals surface area contributed by atoms with Gasteiger partial charge in [0.25, 0.3) is 0 Å². The molecule has 1 aromatic rings. The number of aryl methyl sites for hydroxylation is 1. The number of ether oxygens (including phenoxy) is 1. The lowest BCUT2D eigenvalue weighted by molar-refractivity contribution is -0.121. The predicted octanol–water partition coefficient (Wildman–Crippen LogP) is 3.32. The van der Waals surface area contributed by atoms with E-state index in [1.54, 1.807) is 0 Å². The van der Waals surface area contributed by atoms with E-state index >= 15 is 0 Å². The van der Waals surface area contributed by atoms with Gasteiger partial charge in [-0.15, -0.1) is 0 Å². The van der Waals surface area contributed by atoms with Crippen LogP contribution in [0, 0.1) is 12.8 Å². The molecule has 106 valence electrons. The van der Waals surface area contributed by atoms with Gasteiger partial charge in [-0.1, -0.05) is 26.0 Å². The van der Waals surface area contributed by atoms with Crippen LogP contribution in [0.2, 0.25) is 0 Å². The van der Waals surface area contributed by atoms with Gasteiger partial charge in [0.2, 0.25) is 5.91 Å². The third-order valence-corrected chi connectivity index (χ3v) is 2.85. The highest BCUT2D eigenvalue weighted by molar-refractivity contribution is 5.75. The first-order valence-electron chi connectivity index (χ1n) is 7.04. The van der Waals surface area contributed by atoms with E-state index in [0.717, 1.165) is 25.1 Å². The van der Waals surface area contributed by atoms with Crippen molar-refractivity contribution in [2.45, 2.75) is 40.0 Å². The number of benzene rings is 1. The summed E-state index contributed by atoms with van der Waals surface area (Å²) in [6.07, 6.45) is 2.32. The molecule has 0 saturated heterocycles. The van der Waals surface area contributed by atoms with E-state index in [0.29, 0.717) is 18.9 Å². The van der Waals surface area contributed by atoms with Crippen molar-refractivity contribution in [1.29, 1.82) is 0 Å². The van der Waals surface area contributed by atoms with Crippen molar-refractivity contribution in [2.75, 3.05) is 13.2 Å². The van der Waals surface area contributed by atoms with E-state index in [1.807, 2.05) is 31.2 Å². The topological polar surface area (TPSA) is 38.3 Å². The molecule has 1 aromatic carbocycles. The molecular weight excluding hydrogens is 238 g/mol. The van der Waals surface area contributed by atoms with E-state index in [9.17, 15) is 4.79 Å². The van der Waals surface area contributed by atoms with Crippen molar-refractivity contribution in [2.24, 2.45) is 5.92 Å². The van der Waals surface area contributed by atoms with Crippen molar-refractivity contribution in [3.63, 3.8) is 0 Å². The fourth-order valence-corrected chi connectivity index (χ4v) is 1.72. The van der Waals surface area contributed by atoms with Crippen LogP contribution in [0.15, 0.2) is 24.3 Å². The molecule has 0 aliphatic carbocycles. The van der Waals surface area contributed by atoms with E-state index in [2.05, 4.69) is 19.2 Å². The molecule has 0 aromatic heterocycles. The van der Waals surface area contributed by atoms with Crippen molar-refractivity contribution in [3.05, 3.63) is 29.8 Å². The van der Waals surface area contributed by atoms with Crippen LogP contribution in [0.4, 0.5) is 0 Å². The van der Waals surface area contributed by atoms with Crippen molar-refractivity contribution in [1.82, 2.24) is 5.32 Å². The molecule has 0 heterocycles. The molecule has 0 unspecified atom stereocenters. The molecule has 0 aliphatic heterocycles. The zero-order chi connectivity index (χ0) is 14.1. The fraction of sp³-hybridized carbons (Fsp3) is 0.562. The Balaban J connectivity index is 2.08. The zero-order valence-corrected chi connectivity index (χ0v) is 12.2. The molecule has 3 nitrogen and oxygen atoms in total. The van der Waals surface area contributed by atoms with Gasteiger partial charge in [-0.3, -0.25) is 4.79 Å². The maximum Gasteiger partial charge on any atom is 0.220 e. The molecule has 0 radical (unpaired) electrons. The van der Waals surface area contributed by atoms with E-state index in [4.69, 9.17) is 4.74 Å². The SMILES string of the molecule is Cc1cccc(OCCCC(=O)NCCC(C)C)c1. The highest BCUT2D eigenvalue weighted by atomic mass is 16.5. The molecule has 0 bridgehead atoms. The van der Waals surface area contributed by atoms with E-state index in [-0.39, 0.29) is 5.91 Å². The summed E-state index contributed by atoms with van der Waals surface area (Å²) in [5.41, 5.74) is 1.18. The summed E-state index contributed by atoms with van der Waals surface area (Å²) in [5.74, 6) is 1.62. The van der Waals surface area contributed by atoms with Crippen LogP contribution >= 0.6 is 0 Å². The van der Waals surface area contributed by atoms with Gasteiger partial charge in [0, 0.05) is 13.0 Å². The van der Waals surface area contributed by atoms with E-state index < -0.39 is 0 Å². The summed E-state index contributed by atoms with van der Waals surface area (Å²) in [6.45, 7) is 7.70. The Morgan fingerprint density at radius 3 is 2.84 bits per heavy atom. The molecule has 3 heteroatoms. The van der Waals surface area contributed by atoms with Gasteiger partial charge in [-0.2, -0.15) is 0 Å². The predicted molar refractivity (Wildman–Crippen MR) is 78.4 cm³/mol. The van der Waals surface area contributed by atoms with Gasteiger partial charge < -0.3 is 10.1 Å². The molecule has 1 N–H and O–H groups in total. The third-order valence-electron chi connectivity index (χ3n) is 2.85. The van der Waals surface area contributed by atoms with Crippen LogP contribution < -0.4 is 10.1 Å². The standard InChI is InChI=1S/C16H25NO2/c1-13(2)9-10-17-16(18)8-5-11-19-15-7-4-6-14(3)12-15/h4,6-7,12-13H,5,8-11H2,1-3H3,(H,17,18). The molecule has 1 amide bonds. The fourth-order valence-electron chi connectivity index (χ4n) is 1.72. The molecular formula is C16H25NO2. The first-order chi connectivity index (χ1) is 9.08. The molecule has 0 aliphatic rings. The summed E-state index contributed by atoms with van der Waals surface area (Å²) in [4.78, 5) is 11.5. The Morgan fingerprint density at radius 1 is 1.37 bits per heavy atom. The molecule has 0 spiro atoms. The number of carbonyl (C=O) groups is 1. The van der Waals surface area contributed by atoms with Gasteiger partial charge in [0.15, 0.2) is 0 Å². The second-order valence-corrected chi connectivity index (χ2v) is 5.30. The second-order valence-electron chi connectivity index (χ2n) is 5.30. The highest BCUT2D eigenvalue weighted by Crippen LogP contribution is 2.12. The minimum absolute atomic E-state index is 0.119. The Bertz CT molecular complexity index is 388. The van der Waals surface area contributed by atoms with Gasteiger partial charge in [0.1, 0.15) is 5.75 Å². The first-order valence-corrected chi connectivity index (χ1v) is 7.04. The van der Waals surface area contributed by atoms with E-state index in [1.165, 1.54) is 5.56 Å². The number of rotatable bonds is 8. The average molecular weight is 263 g/mol. The quantitative estimate of drug-likeness (QED) is 0.731. The summed E-state index contributed by atoms with van der Waals surface area (Å²) < 4.78 is 5.60. The molecule has 0 saturated carbocycles. The summed E-state index contributed by atoms with van der Waals surface area (Å²) >= 11 is 0. The lowest BCUT2D eigenvalue weighted by Gasteiger charge is -2.08. The Labute approximate surface area is 116 Å². The van der Waals surface area contributed by atoms with Crippen molar-refractivity contribution < 1.29 is 9.53 Å². The highest BCUT2D eigenvalue weighted by Gasteiger charge is 2.02. The smallest absolute Gasteiger partial charge is 0.220 e. The van der Waals surface area contributed by atoms with Crippen LogP contribution in [0.3, 0.4) is 0 Å². The first kappa shape index (κ1) is 15.5. The lowest BCUT2D eigenvalue weighted by atomic mass is 10.1. The lowest BCUT2D eigenvalue weighted by Crippen LogP contribution is -2.25.